The van der Waals surface area contributed by atoms with E-state index in [1.165, 1.54) is 12.8 Å². The highest BCUT2D eigenvalue weighted by atomic mass is 16.5. The van der Waals surface area contributed by atoms with Crippen molar-refractivity contribution in [1.82, 2.24) is 15.5 Å². The SMILES string of the molecule is C1COCC(c2nnc(CNC3CC3)o2)C1. The van der Waals surface area contributed by atoms with E-state index in [0.717, 1.165) is 31.9 Å². The fraction of sp³-hybridized carbons (Fsp3) is 0.818. The standard InChI is InChI=1S/C11H17N3O2/c1-2-8(7-15-5-1)11-14-13-10(16-11)6-12-9-3-4-9/h8-9,12H,1-7H2. The van der Waals surface area contributed by atoms with Crippen LogP contribution in [-0.4, -0.2) is 29.5 Å². The van der Waals surface area contributed by atoms with Gasteiger partial charge in [-0.05, 0) is 25.7 Å². The molecule has 0 spiro atoms. The van der Waals surface area contributed by atoms with Crippen molar-refractivity contribution in [2.75, 3.05) is 13.2 Å². The second-order valence-electron chi connectivity index (χ2n) is 4.60. The molecule has 5 heteroatoms. The lowest BCUT2D eigenvalue weighted by Gasteiger charge is -2.18. The fourth-order valence-corrected chi connectivity index (χ4v) is 1.96. The van der Waals surface area contributed by atoms with Crippen LogP contribution in [0.15, 0.2) is 4.42 Å². The highest BCUT2D eigenvalue weighted by Gasteiger charge is 2.23. The second-order valence-corrected chi connectivity index (χ2v) is 4.60. The molecule has 5 nitrogen and oxygen atoms in total. The number of rotatable bonds is 4. The summed E-state index contributed by atoms with van der Waals surface area (Å²) in [5.74, 6) is 1.75. The van der Waals surface area contributed by atoms with Gasteiger partial charge in [0.05, 0.1) is 19.1 Å². The summed E-state index contributed by atoms with van der Waals surface area (Å²) in [6.45, 7) is 2.28. The summed E-state index contributed by atoms with van der Waals surface area (Å²) >= 11 is 0. The molecule has 1 aliphatic carbocycles. The lowest BCUT2D eigenvalue weighted by Crippen LogP contribution is -2.16. The maximum absolute atomic E-state index is 5.64. The van der Waals surface area contributed by atoms with Crippen molar-refractivity contribution < 1.29 is 9.15 Å². The van der Waals surface area contributed by atoms with Crippen molar-refractivity contribution >= 4 is 0 Å². The van der Waals surface area contributed by atoms with Crippen molar-refractivity contribution in [3.05, 3.63) is 11.8 Å². The van der Waals surface area contributed by atoms with E-state index in [4.69, 9.17) is 9.15 Å². The number of nitrogens with zero attached hydrogens (tertiary/aromatic N) is 2. The Balaban J connectivity index is 1.57. The summed E-state index contributed by atoms with van der Waals surface area (Å²) in [5.41, 5.74) is 0. The van der Waals surface area contributed by atoms with Crippen LogP contribution in [0.1, 0.15) is 43.4 Å². The predicted molar refractivity (Wildman–Crippen MR) is 57.0 cm³/mol. The van der Waals surface area contributed by atoms with E-state index in [1.807, 2.05) is 0 Å². The van der Waals surface area contributed by atoms with Crippen molar-refractivity contribution in [1.29, 1.82) is 0 Å². The van der Waals surface area contributed by atoms with Gasteiger partial charge in [-0.1, -0.05) is 0 Å². The van der Waals surface area contributed by atoms with Gasteiger partial charge in [0.25, 0.3) is 0 Å². The van der Waals surface area contributed by atoms with E-state index < -0.39 is 0 Å². The van der Waals surface area contributed by atoms with E-state index in [0.29, 0.717) is 24.4 Å². The monoisotopic (exact) mass is 223 g/mol. The van der Waals surface area contributed by atoms with Crippen LogP contribution in [0.5, 0.6) is 0 Å². The van der Waals surface area contributed by atoms with Crippen LogP contribution in [0.2, 0.25) is 0 Å². The first kappa shape index (κ1) is 10.2. The van der Waals surface area contributed by atoms with E-state index in [9.17, 15) is 0 Å². The van der Waals surface area contributed by atoms with Gasteiger partial charge < -0.3 is 14.5 Å². The molecule has 88 valence electrons. The molecular weight excluding hydrogens is 206 g/mol. The summed E-state index contributed by atoms with van der Waals surface area (Å²) in [5, 5.41) is 11.5. The summed E-state index contributed by atoms with van der Waals surface area (Å²) < 4.78 is 11.0. The topological polar surface area (TPSA) is 60.2 Å². The van der Waals surface area contributed by atoms with Gasteiger partial charge in [-0.15, -0.1) is 10.2 Å². The first-order valence-corrected chi connectivity index (χ1v) is 6.05. The molecule has 1 saturated heterocycles. The van der Waals surface area contributed by atoms with Crippen LogP contribution in [0.25, 0.3) is 0 Å². The van der Waals surface area contributed by atoms with Gasteiger partial charge in [0.1, 0.15) is 0 Å². The lowest BCUT2D eigenvalue weighted by atomic mass is 10.0. The van der Waals surface area contributed by atoms with Gasteiger partial charge in [0.15, 0.2) is 0 Å². The zero-order chi connectivity index (χ0) is 10.8. The van der Waals surface area contributed by atoms with Gasteiger partial charge >= 0.3 is 0 Å². The van der Waals surface area contributed by atoms with Gasteiger partial charge in [-0.25, -0.2) is 0 Å². The average molecular weight is 223 g/mol. The molecule has 16 heavy (non-hydrogen) atoms. The molecule has 0 bridgehead atoms. The Labute approximate surface area is 94.6 Å². The molecular formula is C11H17N3O2. The largest absolute Gasteiger partial charge is 0.423 e. The van der Waals surface area contributed by atoms with Gasteiger partial charge in [0, 0.05) is 12.6 Å². The Morgan fingerprint density at radius 3 is 2.94 bits per heavy atom. The Morgan fingerprint density at radius 1 is 1.25 bits per heavy atom. The quantitative estimate of drug-likeness (QED) is 0.831. The van der Waals surface area contributed by atoms with Crippen LogP contribution in [0, 0.1) is 0 Å². The molecule has 0 aromatic carbocycles. The molecule has 0 radical (unpaired) electrons. The first-order chi connectivity index (χ1) is 7.92. The number of ether oxygens (including phenoxy) is 1. The Morgan fingerprint density at radius 2 is 2.19 bits per heavy atom. The molecule has 1 unspecified atom stereocenters. The highest BCUT2D eigenvalue weighted by Crippen LogP contribution is 2.24. The second kappa shape index (κ2) is 4.51. The molecule has 1 aromatic heterocycles. The zero-order valence-electron chi connectivity index (χ0n) is 9.32. The van der Waals surface area contributed by atoms with Crippen LogP contribution in [0.4, 0.5) is 0 Å². The van der Waals surface area contributed by atoms with Gasteiger partial charge in [-0.2, -0.15) is 0 Å². The molecule has 1 aromatic rings. The molecule has 0 amide bonds. The summed E-state index contributed by atoms with van der Waals surface area (Å²) in [6, 6.07) is 0.674. The fourth-order valence-electron chi connectivity index (χ4n) is 1.96. The predicted octanol–water partition coefficient (Wildman–Crippen LogP) is 1.22. The zero-order valence-corrected chi connectivity index (χ0v) is 9.32. The first-order valence-electron chi connectivity index (χ1n) is 6.05. The van der Waals surface area contributed by atoms with Crippen LogP contribution in [-0.2, 0) is 11.3 Å². The third-order valence-electron chi connectivity index (χ3n) is 3.11. The van der Waals surface area contributed by atoms with Crippen LogP contribution in [0.3, 0.4) is 0 Å². The molecule has 2 aliphatic rings. The molecule has 1 aliphatic heterocycles. The average Bonchev–Trinajstić information content (AvgIpc) is 3.05. The summed E-state index contributed by atoms with van der Waals surface area (Å²) in [4.78, 5) is 0. The van der Waals surface area contributed by atoms with E-state index >= 15 is 0 Å². The molecule has 2 heterocycles. The molecule has 1 saturated carbocycles. The van der Waals surface area contributed by atoms with E-state index in [-0.39, 0.29) is 0 Å². The number of hydrogen-bond donors (Lipinski definition) is 1. The van der Waals surface area contributed by atoms with Crippen LogP contribution >= 0.6 is 0 Å². The maximum atomic E-state index is 5.64. The third-order valence-corrected chi connectivity index (χ3v) is 3.11. The molecule has 3 rings (SSSR count). The summed E-state index contributed by atoms with van der Waals surface area (Å²) in [6.07, 6.45) is 4.73. The third kappa shape index (κ3) is 2.41. The van der Waals surface area contributed by atoms with Crippen molar-refractivity contribution in [2.24, 2.45) is 0 Å². The van der Waals surface area contributed by atoms with Crippen molar-refractivity contribution in [3.8, 4) is 0 Å². The number of nitrogens with one attached hydrogen (secondary N) is 1. The Bertz CT molecular complexity index is 343. The van der Waals surface area contributed by atoms with Gasteiger partial charge in [0.2, 0.25) is 11.8 Å². The normalized spacial score (nSPS) is 25.9. The van der Waals surface area contributed by atoms with Crippen molar-refractivity contribution in [2.45, 2.75) is 44.2 Å². The maximum Gasteiger partial charge on any atom is 0.230 e. The molecule has 1 atom stereocenters. The smallest absolute Gasteiger partial charge is 0.230 e. The summed E-state index contributed by atoms with van der Waals surface area (Å²) in [7, 11) is 0. The van der Waals surface area contributed by atoms with Crippen LogP contribution < -0.4 is 5.32 Å². The minimum absolute atomic E-state index is 0.302. The van der Waals surface area contributed by atoms with E-state index in [1.54, 1.807) is 0 Å². The van der Waals surface area contributed by atoms with Gasteiger partial charge in [-0.3, -0.25) is 0 Å². The lowest BCUT2D eigenvalue weighted by molar-refractivity contribution is 0.0721. The number of hydrogen-bond acceptors (Lipinski definition) is 5. The highest BCUT2D eigenvalue weighted by molar-refractivity contribution is 4.93. The Kier molecular flexibility index (Phi) is 2.88. The Hall–Kier alpha value is -0.940. The minimum atomic E-state index is 0.302. The minimum Gasteiger partial charge on any atom is -0.423 e. The van der Waals surface area contributed by atoms with Crippen molar-refractivity contribution in [3.63, 3.8) is 0 Å². The molecule has 1 N–H and O–H groups in total. The van der Waals surface area contributed by atoms with E-state index in [2.05, 4.69) is 15.5 Å². The molecule has 2 fully saturated rings. The number of aromatic nitrogens is 2.